The Morgan fingerprint density at radius 1 is 0.479 bits per heavy atom. The predicted molar refractivity (Wildman–Crippen MR) is 186 cm³/mol. The Morgan fingerprint density at radius 2 is 0.958 bits per heavy atom. The minimum absolute atomic E-state index is 0.101. The molecule has 0 fully saturated rings. The summed E-state index contributed by atoms with van der Waals surface area (Å²) in [6, 6.07) is 0. The van der Waals surface area contributed by atoms with Crippen LogP contribution in [0.4, 0.5) is 0 Å². The molecule has 0 aromatic rings. The fraction of sp³-hybridized carbons (Fsp3) is 0.917. The standard InChI is InChI=1S/C36H69NO11/c1-3-5-6-7-10-15-20-37(21-25-44-27-29-46-31-30-45-28-26-43-22-4-2)36(42)33(48-24-17-12-9-14-19-35(40)41)32-47-23-16-11-8-13-18-34(38)39/h33H,3-32H2,1-2H3,(H,38,39)(H,40,41). The number of hydrogen-bond acceptors (Lipinski definition) is 9. The molecule has 12 heteroatoms. The van der Waals surface area contributed by atoms with Crippen molar-refractivity contribution in [2.45, 2.75) is 129 Å². The van der Waals surface area contributed by atoms with Gasteiger partial charge < -0.3 is 43.5 Å². The summed E-state index contributed by atoms with van der Waals surface area (Å²) in [5.74, 6) is -1.66. The summed E-state index contributed by atoms with van der Waals surface area (Å²) in [4.78, 5) is 37.1. The predicted octanol–water partition coefficient (Wildman–Crippen LogP) is 6.12. The molecule has 0 aromatic heterocycles. The number of carbonyl (C=O) groups excluding carboxylic acids is 1. The summed E-state index contributed by atoms with van der Waals surface area (Å²) >= 11 is 0. The Balaban J connectivity index is 4.82. The van der Waals surface area contributed by atoms with E-state index in [0.29, 0.717) is 85.4 Å². The molecule has 0 rings (SSSR count). The Hall–Kier alpha value is -1.83. The van der Waals surface area contributed by atoms with Gasteiger partial charge in [-0.05, 0) is 38.5 Å². The second-order valence-electron chi connectivity index (χ2n) is 12.1. The maximum absolute atomic E-state index is 13.8. The first-order valence-corrected chi connectivity index (χ1v) is 18.6. The molecule has 1 atom stereocenters. The molecule has 12 nitrogen and oxygen atoms in total. The Bertz CT molecular complexity index is 741. The number of hydrogen-bond donors (Lipinski definition) is 2. The lowest BCUT2D eigenvalue weighted by Crippen LogP contribution is -2.45. The zero-order chi connectivity index (χ0) is 35.3. The maximum Gasteiger partial charge on any atom is 0.303 e. The Labute approximate surface area is 290 Å². The van der Waals surface area contributed by atoms with Gasteiger partial charge >= 0.3 is 11.9 Å². The topological polar surface area (TPSA) is 150 Å². The SMILES string of the molecule is CCCCCCCCN(CCOCCOCCOCCOCCC)C(=O)C(COCCCCCCC(=O)O)OCCCCCCC(=O)O. The summed E-state index contributed by atoms with van der Waals surface area (Å²) in [6.07, 6.45) is 13.5. The Morgan fingerprint density at radius 3 is 1.52 bits per heavy atom. The molecule has 0 aromatic carbocycles. The second-order valence-corrected chi connectivity index (χ2v) is 12.1. The van der Waals surface area contributed by atoms with Gasteiger partial charge in [-0.2, -0.15) is 0 Å². The van der Waals surface area contributed by atoms with Gasteiger partial charge in [0.1, 0.15) is 0 Å². The number of unbranched alkanes of at least 4 members (excludes halogenated alkanes) is 11. The van der Waals surface area contributed by atoms with Crippen molar-refractivity contribution in [1.29, 1.82) is 0 Å². The van der Waals surface area contributed by atoms with E-state index in [1.807, 2.05) is 4.90 Å². The molecule has 0 saturated heterocycles. The number of carboxylic acid groups (broad SMARTS) is 2. The van der Waals surface area contributed by atoms with Gasteiger partial charge in [0.15, 0.2) is 6.10 Å². The highest BCUT2D eigenvalue weighted by molar-refractivity contribution is 5.81. The minimum atomic E-state index is -0.785. The van der Waals surface area contributed by atoms with E-state index < -0.39 is 18.0 Å². The van der Waals surface area contributed by atoms with Crippen molar-refractivity contribution in [3.63, 3.8) is 0 Å². The van der Waals surface area contributed by atoms with Gasteiger partial charge in [-0.3, -0.25) is 14.4 Å². The highest BCUT2D eigenvalue weighted by Gasteiger charge is 2.25. The molecule has 1 unspecified atom stereocenters. The van der Waals surface area contributed by atoms with Gasteiger partial charge in [-0.1, -0.05) is 71.6 Å². The molecule has 0 radical (unpaired) electrons. The number of amides is 1. The molecule has 0 bridgehead atoms. The van der Waals surface area contributed by atoms with Crippen LogP contribution >= 0.6 is 0 Å². The molecule has 2 N–H and O–H groups in total. The average molecular weight is 692 g/mol. The van der Waals surface area contributed by atoms with Gasteiger partial charge in [0.2, 0.25) is 0 Å². The lowest BCUT2D eigenvalue weighted by Gasteiger charge is -2.28. The smallest absolute Gasteiger partial charge is 0.303 e. The van der Waals surface area contributed by atoms with Gasteiger partial charge in [0.05, 0.1) is 52.9 Å². The van der Waals surface area contributed by atoms with E-state index in [2.05, 4.69) is 13.8 Å². The van der Waals surface area contributed by atoms with E-state index >= 15 is 0 Å². The number of ether oxygens (including phenoxy) is 6. The number of nitrogens with zero attached hydrogens (tertiary/aromatic N) is 1. The Kier molecular flexibility index (Phi) is 35.1. The largest absolute Gasteiger partial charge is 0.481 e. The molecule has 0 aliphatic carbocycles. The first-order valence-electron chi connectivity index (χ1n) is 18.6. The molecule has 0 aliphatic rings. The normalized spacial score (nSPS) is 12.0. The number of carboxylic acids is 2. The number of carbonyl (C=O) groups is 3. The summed E-state index contributed by atoms with van der Waals surface area (Å²) in [5.41, 5.74) is 0. The van der Waals surface area contributed by atoms with Crippen molar-refractivity contribution in [1.82, 2.24) is 4.90 Å². The average Bonchev–Trinajstić information content (AvgIpc) is 3.06. The zero-order valence-corrected chi connectivity index (χ0v) is 30.3. The number of aliphatic carboxylic acids is 2. The summed E-state index contributed by atoms with van der Waals surface area (Å²) in [6.45, 7) is 10.5. The van der Waals surface area contributed by atoms with Crippen molar-refractivity contribution in [3.05, 3.63) is 0 Å². The van der Waals surface area contributed by atoms with Crippen LogP contribution in [0.1, 0.15) is 123 Å². The monoisotopic (exact) mass is 691 g/mol. The third kappa shape index (κ3) is 32.7. The fourth-order valence-corrected chi connectivity index (χ4v) is 4.87. The molecule has 48 heavy (non-hydrogen) atoms. The van der Waals surface area contributed by atoms with Crippen LogP contribution in [0.15, 0.2) is 0 Å². The van der Waals surface area contributed by atoms with Crippen molar-refractivity contribution in [2.75, 3.05) is 85.8 Å². The van der Waals surface area contributed by atoms with Crippen molar-refractivity contribution < 1.29 is 53.0 Å². The second kappa shape index (κ2) is 36.5. The van der Waals surface area contributed by atoms with E-state index in [4.69, 9.17) is 38.6 Å². The molecule has 0 saturated carbocycles. The van der Waals surface area contributed by atoms with Crippen LogP contribution in [0.25, 0.3) is 0 Å². The van der Waals surface area contributed by atoms with Crippen LogP contribution in [0.2, 0.25) is 0 Å². The van der Waals surface area contributed by atoms with Gasteiger partial charge in [0.25, 0.3) is 5.91 Å². The minimum Gasteiger partial charge on any atom is -0.481 e. The molecule has 0 aliphatic heterocycles. The third-order valence-electron chi connectivity index (χ3n) is 7.64. The van der Waals surface area contributed by atoms with Crippen LogP contribution in [0.5, 0.6) is 0 Å². The van der Waals surface area contributed by atoms with Crippen molar-refractivity contribution in [2.24, 2.45) is 0 Å². The van der Waals surface area contributed by atoms with E-state index in [0.717, 1.165) is 70.8 Å². The van der Waals surface area contributed by atoms with Crippen LogP contribution in [-0.2, 0) is 42.8 Å². The fourth-order valence-electron chi connectivity index (χ4n) is 4.87. The van der Waals surface area contributed by atoms with Crippen molar-refractivity contribution in [3.8, 4) is 0 Å². The van der Waals surface area contributed by atoms with Gasteiger partial charge in [0, 0.05) is 45.8 Å². The highest BCUT2D eigenvalue weighted by atomic mass is 16.6. The van der Waals surface area contributed by atoms with E-state index in [9.17, 15) is 14.4 Å². The van der Waals surface area contributed by atoms with E-state index in [-0.39, 0.29) is 25.4 Å². The van der Waals surface area contributed by atoms with E-state index in [1.165, 1.54) is 19.3 Å². The van der Waals surface area contributed by atoms with Crippen molar-refractivity contribution >= 4 is 17.8 Å². The molecule has 0 heterocycles. The molecular formula is C36H69NO11. The molecule has 0 spiro atoms. The van der Waals surface area contributed by atoms with Gasteiger partial charge in [-0.25, -0.2) is 0 Å². The van der Waals surface area contributed by atoms with Gasteiger partial charge in [-0.15, -0.1) is 0 Å². The first-order chi connectivity index (χ1) is 23.4. The first kappa shape index (κ1) is 46.2. The third-order valence-corrected chi connectivity index (χ3v) is 7.64. The lowest BCUT2D eigenvalue weighted by molar-refractivity contribution is -0.149. The summed E-state index contributed by atoms with van der Waals surface area (Å²) in [7, 11) is 0. The number of rotatable bonds is 39. The van der Waals surface area contributed by atoms with Crippen LogP contribution < -0.4 is 0 Å². The summed E-state index contributed by atoms with van der Waals surface area (Å²) < 4.78 is 34.2. The van der Waals surface area contributed by atoms with Crippen LogP contribution in [0, 0.1) is 0 Å². The van der Waals surface area contributed by atoms with E-state index in [1.54, 1.807) is 0 Å². The molecule has 284 valence electrons. The summed E-state index contributed by atoms with van der Waals surface area (Å²) in [5, 5.41) is 17.7. The maximum atomic E-state index is 13.8. The highest BCUT2D eigenvalue weighted by Crippen LogP contribution is 2.11. The quantitative estimate of drug-likeness (QED) is 0.0718. The van der Waals surface area contributed by atoms with Crippen LogP contribution in [0.3, 0.4) is 0 Å². The molecule has 1 amide bonds. The van der Waals surface area contributed by atoms with Crippen LogP contribution in [-0.4, -0.2) is 125 Å². The lowest BCUT2D eigenvalue weighted by atomic mass is 10.1. The zero-order valence-electron chi connectivity index (χ0n) is 30.3. The molecular weight excluding hydrogens is 622 g/mol.